The average molecular weight is 584 g/mol. The predicted molar refractivity (Wildman–Crippen MR) is 142 cm³/mol. The number of benzene rings is 1. The summed E-state index contributed by atoms with van der Waals surface area (Å²) in [4.78, 5) is 24.1. The SMILES string of the molecule is CN(c1ncccc1CNc1nc(Nc2ccc(C(=O)N[C@@H](CO)CCO)cc2)ncc1C(F)(F)F)S(C)(=O)=O. The molecule has 0 bridgehead atoms. The number of hydrogen-bond donors (Lipinski definition) is 5. The molecule has 5 N–H and O–H groups in total. The smallest absolute Gasteiger partial charge is 0.396 e. The number of halogens is 3. The molecule has 1 amide bonds. The van der Waals surface area contributed by atoms with E-state index in [9.17, 15) is 31.5 Å². The summed E-state index contributed by atoms with van der Waals surface area (Å²) in [5.41, 5.74) is -0.189. The van der Waals surface area contributed by atoms with Gasteiger partial charge in [0.2, 0.25) is 16.0 Å². The summed E-state index contributed by atoms with van der Waals surface area (Å²) in [6.07, 6.45) is -1.64. The second kappa shape index (κ2) is 12.9. The van der Waals surface area contributed by atoms with Crippen molar-refractivity contribution in [3.8, 4) is 0 Å². The fourth-order valence-electron chi connectivity index (χ4n) is 3.44. The monoisotopic (exact) mass is 583 g/mol. The van der Waals surface area contributed by atoms with Gasteiger partial charge in [-0.2, -0.15) is 18.2 Å². The molecule has 3 aromatic rings. The van der Waals surface area contributed by atoms with Crippen LogP contribution in [0.5, 0.6) is 0 Å². The summed E-state index contributed by atoms with van der Waals surface area (Å²) >= 11 is 0. The number of sulfonamides is 1. The second-order valence-corrected chi connectivity index (χ2v) is 10.6. The number of amides is 1. The van der Waals surface area contributed by atoms with Gasteiger partial charge in [0.1, 0.15) is 17.2 Å². The second-order valence-electron chi connectivity index (χ2n) is 8.59. The van der Waals surface area contributed by atoms with Crippen molar-refractivity contribution in [2.24, 2.45) is 0 Å². The molecule has 0 aliphatic carbocycles. The van der Waals surface area contributed by atoms with Crippen LogP contribution in [-0.4, -0.2) is 72.0 Å². The van der Waals surface area contributed by atoms with Crippen molar-refractivity contribution in [3.05, 3.63) is 65.5 Å². The molecule has 1 aromatic carbocycles. The van der Waals surface area contributed by atoms with Gasteiger partial charge in [0.15, 0.2) is 0 Å². The van der Waals surface area contributed by atoms with E-state index in [1.54, 1.807) is 0 Å². The van der Waals surface area contributed by atoms with Crippen LogP contribution in [-0.2, 0) is 22.7 Å². The average Bonchev–Trinajstić information content (AvgIpc) is 2.90. The van der Waals surface area contributed by atoms with Gasteiger partial charge in [-0.15, -0.1) is 0 Å². The van der Waals surface area contributed by atoms with E-state index in [0.717, 1.165) is 10.6 Å². The van der Waals surface area contributed by atoms with Crippen LogP contribution in [0.1, 0.15) is 27.9 Å². The summed E-state index contributed by atoms with van der Waals surface area (Å²) < 4.78 is 65.8. The van der Waals surface area contributed by atoms with Crippen molar-refractivity contribution >= 4 is 39.2 Å². The number of carbonyl (C=O) groups excluding carboxylic acids is 1. The summed E-state index contributed by atoms with van der Waals surface area (Å²) in [5.74, 6) is -1.15. The van der Waals surface area contributed by atoms with Gasteiger partial charge in [-0.05, 0) is 36.8 Å². The van der Waals surface area contributed by atoms with Crippen molar-refractivity contribution in [2.75, 3.05) is 41.5 Å². The first-order valence-electron chi connectivity index (χ1n) is 11.8. The quantitative estimate of drug-likeness (QED) is 0.213. The fraction of sp³-hybridized carbons (Fsp3) is 0.333. The van der Waals surface area contributed by atoms with Gasteiger partial charge in [0, 0.05) is 49.4 Å². The standard InChI is InChI=1S/C24H28F3N7O5S/c1-34(40(2,38)39)21-16(4-3-10-28-21)12-29-20-19(24(25,26)27)13-30-23(33-20)32-17-7-5-15(6-8-17)22(37)31-18(14-36)9-11-35/h3-8,10,13,18,35-36H,9,11-12,14H2,1-2H3,(H,31,37)(H2,29,30,32,33)/t18-/m1/s1. The van der Waals surface area contributed by atoms with Crippen LogP contribution >= 0.6 is 0 Å². The molecule has 0 radical (unpaired) electrons. The van der Waals surface area contributed by atoms with E-state index in [1.807, 2.05) is 0 Å². The third-order valence-electron chi connectivity index (χ3n) is 5.64. The van der Waals surface area contributed by atoms with Gasteiger partial charge in [0.05, 0.1) is 18.9 Å². The fourth-order valence-corrected chi connectivity index (χ4v) is 3.92. The maximum absolute atomic E-state index is 13.7. The lowest BCUT2D eigenvalue weighted by atomic mass is 10.1. The Labute approximate surface area is 228 Å². The van der Waals surface area contributed by atoms with Gasteiger partial charge >= 0.3 is 6.18 Å². The van der Waals surface area contributed by atoms with Crippen LogP contribution in [0.15, 0.2) is 48.8 Å². The molecule has 16 heteroatoms. The number of alkyl halides is 3. The number of nitrogens with one attached hydrogen (secondary N) is 3. The van der Waals surface area contributed by atoms with E-state index in [-0.39, 0.29) is 43.5 Å². The number of nitrogens with zero attached hydrogens (tertiary/aromatic N) is 4. The molecule has 2 aromatic heterocycles. The summed E-state index contributed by atoms with van der Waals surface area (Å²) in [5, 5.41) is 26.2. The van der Waals surface area contributed by atoms with Gasteiger partial charge < -0.3 is 26.2 Å². The normalized spacial score (nSPS) is 12.5. The predicted octanol–water partition coefficient (Wildman–Crippen LogP) is 2.11. The molecule has 0 aliphatic heterocycles. The maximum Gasteiger partial charge on any atom is 0.421 e. The number of pyridine rings is 1. The highest BCUT2D eigenvalue weighted by atomic mass is 32.2. The third-order valence-corrected chi connectivity index (χ3v) is 6.81. The number of anilines is 4. The number of aliphatic hydroxyl groups is 2. The van der Waals surface area contributed by atoms with Crippen LogP contribution in [0.2, 0.25) is 0 Å². The lowest BCUT2D eigenvalue weighted by molar-refractivity contribution is -0.137. The molecule has 0 fully saturated rings. The van der Waals surface area contributed by atoms with E-state index in [4.69, 9.17) is 5.11 Å². The van der Waals surface area contributed by atoms with Gasteiger partial charge in [-0.1, -0.05) is 6.07 Å². The highest BCUT2D eigenvalue weighted by Crippen LogP contribution is 2.34. The van der Waals surface area contributed by atoms with Crippen molar-refractivity contribution in [2.45, 2.75) is 25.2 Å². The lowest BCUT2D eigenvalue weighted by Crippen LogP contribution is -2.38. The highest BCUT2D eigenvalue weighted by molar-refractivity contribution is 7.92. The topological polar surface area (TPSA) is 170 Å². The molecule has 0 saturated carbocycles. The van der Waals surface area contributed by atoms with Crippen molar-refractivity contribution in [1.29, 1.82) is 0 Å². The highest BCUT2D eigenvalue weighted by Gasteiger charge is 2.35. The Morgan fingerprint density at radius 1 is 1.12 bits per heavy atom. The zero-order valence-corrected chi connectivity index (χ0v) is 22.3. The summed E-state index contributed by atoms with van der Waals surface area (Å²) in [6.45, 7) is -0.777. The Kier molecular flexibility index (Phi) is 9.83. The third kappa shape index (κ3) is 8.00. The number of rotatable bonds is 12. The molecular weight excluding hydrogens is 555 g/mol. The molecule has 0 spiro atoms. The van der Waals surface area contributed by atoms with Crippen molar-refractivity contribution in [3.63, 3.8) is 0 Å². The van der Waals surface area contributed by atoms with Crippen molar-refractivity contribution < 1.29 is 36.6 Å². The Hall–Kier alpha value is -4.02. The Balaban J connectivity index is 1.80. The summed E-state index contributed by atoms with van der Waals surface area (Å²) in [6, 6.07) is 8.32. The first-order valence-corrected chi connectivity index (χ1v) is 13.6. The minimum atomic E-state index is -4.78. The molecule has 12 nitrogen and oxygen atoms in total. The largest absolute Gasteiger partial charge is 0.421 e. The van der Waals surface area contributed by atoms with Crippen LogP contribution < -0.4 is 20.3 Å². The molecule has 1 atom stereocenters. The Morgan fingerprint density at radius 2 is 1.82 bits per heavy atom. The maximum atomic E-state index is 13.7. The molecule has 2 heterocycles. The van der Waals surface area contributed by atoms with E-state index in [0.29, 0.717) is 17.4 Å². The van der Waals surface area contributed by atoms with Crippen LogP contribution in [0.3, 0.4) is 0 Å². The molecule has 3 rings (SSSR count). The van der Waals surface area contributed by atoms with Crippen LogP contribution in [0.25, 0.3) is 0 Å². The number of aliphatic hydroxyl groups excluding tert-OH is 2. The van der Waals surface area contributed by atoms with Crippen molar-refractivity contribution in [1.82, 2.24) is 20.3 Å². The summed E-state index contributed by atoms with van der Waals surface area (Å²) in [7, 11) is -2.39. The van der Waals surface area contributed by atoms with E-state index in [1.165, 1.54) is 49.6 Å². The number of aromatic nitrogens is 3. The Bertz CT molecular complexity index is 1420. The molecule has 40 heavy (non-hydrogen) atoms. The van der Waals surface area contributed by atoms with E-state index < -0.39 is 39.5 Å². The van der Waals surface area contributed by atoms with Gasteiger partial charge in [-0.3, -0.25) is 9.10 Å². The van der Waals surface area contributed by atoms with Crippen LogP contribution in [0.4, 0.5) is 36.4 Å². The first-order chi connectivity index (χ1) is 18.8. The minimum Gasteiger partial charge on any atom is -0.396 e. The molecule has 0 saturated heterocycles. The first kappa shape index (κ1) is 30.5. The van der Waals surface area contributed by atoms with Gasteiger partial charge in [-0.25, -0.2) is 18.4 Å². The zero-order chi connectivity index (χ0) is 29.5. The molecule has 216 valence electrons. The van der Waals surface area contributed by atoms with E-state index >= 15 is 0 Å². The minimum absolute atomic E-state index is 0.0456. The Morgan fingerprint density at radius 3 is 2.42 bits per heavy atom. The van der Waals surface area contributed by atoms with Gasteiger partial charge in [0.25, 0.3) is 5.91 Å². The molecule has 0 unspecified atom stereocenters. The van der Waals surface area contributed by atoms with E-state index in [2.05, 4.69) is 30.9 Å². The number of carbonyl (C=O) groups is 1. The van der Waals surface area contributed by atoms with Crippen LogP contribution in [0, 0.1) is 0 Å². The lowest BCUT2D eigenvalue weighted by Gasteiger charge is -2.20. The molecule has 0 aliphatic rings. The molecular formula is C24H28F3N7O5S. The number of hydrogen-bond acceptors (Lipinski definition) is 10. The zero-order valence-electron chi connectivity index (χ0n) is 21.5.